The molecule has 2 rings (SSSR count). The summed E-state index contributed by atoms with van der Waals surface area (Å²) in [6.07, 6.45) is -2.11. The second kappa shape index (κ2) is 24.6. The van der Waals surface area contributed by atoms with E-state index in [0.29, 0.717) is 6.42 Å². The summed E-state index contributed by atoms with van der Waals surface area (Å²) in [4.78, 5) is 0. The molecule has 0 radical (unpaired) electrons. The standard InChI is InChI=1S/C26H50O16S2.2Na/c1-2-3-4-5-6-7-8-9-10-11-12-13-14-37-17-20(41-43(31,32)33)24-23(18(28)16-38-24)40-26-22(30)25(42-44(34,35)36)21(29)19(15-27)39-26;;/h18-30H,2-17H2,1H3,(H,31,32,33)(H,34,35,36);;/q;2*+1/p-2/t18-,19-,20+,21+,22-,23+,24-,25+,26+;;/m1../s1. The predicted molar refractivity (Wildman–Crippen MR) is 149 cm³/mol. The molecule has 0 aromatic rings. The Morgan fingerprint density at radius 1 is 0.804 bits per heavy atom. The first-order valence-corrected chi connectivity index (χ1v) is 17.9. The molecule has 2 fully saturated rings. The Bertz CT molecular complexity index is 1010. The fraction of sp³-hybridized carbons (Fsp3) is 1.00. The van der Waals surface area contributed by atoms with E-state index in [1.165, 1.54) is 44.9 Å². The van der Waals surface area contributed by atoms with Crippen LogP contribution >= 0.6 is 0 Å². The zero-order chi connectivity index (χ0) is 32.8. The largest absolute Gasteiger partial charge is 1.00 e. The quantitative estimate of drug-likeness (QED) is 0.0331. The van der Waals surface area contributed by atoms with Gasteiger partial charge in [-0.25, -0.2) is 16.8 Å². The Labute approximate surface area is 316 Å². The summed E-state index contributed by atoms with van der Waals surface area (Å²) in [7, 11) is -10.7. The van der Waals surface area contributed by atoms with Crippen LogP contribution in [0.1, 0.15) is 84.0 Å². The molecule has 0 spiro atoms. The average molecular weight is 727 g/mol. The third kappa shape index (κ3) is 18.1. The Morgan fingerprint density at radius 3 is 1.85 bits per heavy atom. The van der Waals surface area contributed by atoms with Gasteiger partial charge < -0.3 is 48.5 Å². The van der Waals surface area contributed by atoms with Crippen LogP contribution in [0.3, 0.4) is 0 Å². The van der Waals surface area contributed by atoms with Crippen molar-refractivity contribution in [3.63, 3.8) is 0 Å². The third-order valence-corrected chi connectivity index (χ3v) is 8.48. The maximum atomic E-state index is 11.5. The number of ether oxygens (including phenoxy) is 4. The molecule has 0 aromatic carbocycles. The van der Waals surface area contributed by atoms with Gasteiger partial charge in [0.25, 0.3) is 0 Å². The summed E-state index contributed by atoms with van der Waals surface area (Å²) in [6.45, 7) is 0.648. The van der Waals surface area contributed by atoms with Crippen LogP contribution in [0.4, 0.5) is 0 Å². The second-order valence-corrected chi connectivity index (χ2v) is 13.2. The van der Waals surface area contributed by atoms with Crippen LogP contribution in [0.2, 0.25) is 0 Å². The molecule has 0 amide bonds. The Balaban J connectivity index is 0.0000101. The predicted octanol–water partition coefficient (Wildman–Crippen LogP) is -6.01. The van der Waals surface area contributed by atoms with Gasteiger partial charge in [-0.05, 0) is 6.42 Å². The second-order valence-electron chi connectivity index (χ2n) is 11.1. The van der Waals surface area contributed by atoms with E-state index >= 15 is 0 Å². The monoisotopic (exact) mass is 726 g/mol. The Hall–Kier alpha value is 1.42. The molecule has 2 aliphatic heterocycles. The normalized spacial score (nSPS) is 29.2. The van der Waals surface area contributed by atoms with Gasteiger partial charge in [0, 0.05) is 6.61 Å². The van der Waals surface area contributed by atoms with Gasteiger partial charge in [-0.3, -0.25) is 8.37 Å². The third-order valence-electron chi connectivity index (χ3n) is 7.54. The SMILES string of the molecule is CCCCCCCCCCCCCCOC[C@H](OS(=O)(=O)[O-])[C@H]1OC[C@@H](O)[C@@H]1O[C@@H]1O[C@H](CO)[C@H](O)[C@H](OS(=O)(=O)[O-])[C@H]1O.[Na+].[Na+]. The zero-order valence-electron chi connectivity index (χ0n) is 27.0. The van der Waals surface area contributed by atoms with Crippen LogP contribution in [-0.2, 0) is 48.1 Å². The van der Waals surface area contributed by atoms with E-state index in [4.69, 9.17) is 18.9 Å². The van der Waals surface area contributed by atoms with Crippen LogP contribution in [0.5, 0.6) is 0 Å². The minimum absolute atomic E-state index is 0. The molecule has 46 heavy (non-hydrogen) atoms. The summed E-state index contributed by atoms with van der Waals surface area (Å²) < 4.78 is 98.3. The molecule has 16 nitrogen and oxygen atoms in total. The summed E-state index contributed by atoms with van der Waals surface area (Å²) in [5.74, 6) is 0. The van der Waals surface area contributed by atoms with Gasteiger partial charge in [0.15, 0.2) is 6.29 Å². The van der Waals surface area contributed by atoms with Gasteiger partial charge in [-0.15, -0.1) is 0 Å². The minimum Gasteiger partial charge on any atom is -0.726 e. The first kappa shape index (κ1) is 47.4. The van der Waals surface area contributed by atoms with E-state index in [1.807, 2.05) is 0 Å². The molecule has 0 aliphatic carbocycles. The van der Waals surface area contributed by atoms with E-state index in [1.54, 1.807) is 0 Å². The fourth-order valence-corrected chi connectivity index (χ4v) is 6.22. The zero-order valence-corrected chi connectivity index (χ0v) is 32.6. The van der Waals surface area contributed by atoms with Gasteiger partial charge in [-0.1, -0.05) is 77.6 Å². The fourth-order valence-electron chi connectivity index (χ4n) is 5.25. The minimum atomic E-state index is -5.43. The van der Waals surface area contributed by atoms with Gasteiger partial charge in [0.05, 0.1) is 19.8 Å². The van der Waals surface area contributed by atoms with Crippen molar-refractivity contribution in [1.29, 1.82) is 0 Å². The number of rotatable bonds is 23. The van der Waals surface area contributed by atoms with Crippen molar-refractivity contribution >= 4 is 20.8 Å². The molecule has 2 heterocycles. The summed E-state index contributed by atoms with van der Waals surface area (Å²) in [6, 6.07) is 0. The maximum absolute atomic E-state index is 11.5. The van der Waals surface area contributed by atoms with Crippen LogP contribution in [0.15, 0.2) is 0 Å². The molecule has 0 saturated carbocycles. The molecule has 2 saturated heterocycles. The van der Waals surface area contributed by atoms with Crippen molar-refractivity contribution in [2.75, 3.05) is 26.4 Å². The van der Waals surface area contributed by atoms with Crippen molar-refractivity contribution < 1.29 is 133 Å². The van der Waals surface area contributed by atoms with Crippen molar-refractivity contribution in [3.8, 4) is 0 Å². The van der Waals surface area contributed by atoms with E-state index < -0.39 is 95.7 Å². The van der Waals surface area contributed by atoms with Crippen molar-refractivity contribution in [1.82, 2.24) is 0 Å². The van der Waals surface area contributed by atoms with E-state index in [9.17, 15) is 46.4 Å². The van der Waals surface area contributed by atoms with Gasteiger partial charge in [0.1, 0.15) is 48.8 Å². The van der Waals surface area contributed by atoms with Crippen molar-refractivity contribution in [2.24, 2.45) is 0 Å². The number of hydrogen-bond donors (Lipinski definition) is 4. The molecule has 262 valence electrons. The van der Waals surface area contributed by atoms with Gasteiger partial charge >= 0.3 is 59.1 Å². The van der Waals surface area contributed by atoms with Crippen LogP contribution in [0.25, 0.3) is 0 Å². The summed E-state index contributed by atoms with van der Waals surface area (Å²) >= 11 is 0. The smallest absolute Gasteiger partial charge is 0.726 e. The van der Waals surface area contributed by atoms with Crippen LogP contribution < -0.4 is 59.1 Å². The Morgan fingerprint density at radius 2 is 1.35 bits per heavy atom. The van der Waals surface area contributed by atoms with E-state index in [2.05, 4.69) is 15.3 Å². The van der Waals surface area contributed by atoms with Crippen molar-refractivity contribution in [2.45, 2.75) is 139 Å². The first-order chi connectivity index (χ1) is 20.8. The van der Waals surface area contributed by atoms with Crippen LogP contribution in [0, 0.1) is 0 Å². The number of unbranched alkanes of at least 4 members (excludes halogenated alkanes) is 11. The first-order valence-electron chi connectivity index (χ1n) is 15.2. The molecule has 0 bridgehead atoms. The number of hydrogen-bond acceptors (Lipinski definition) is 16. The molecule has 20 heteroatoms. The Kier molecular flexibility index (Phi) is 25.3. The van der Waals surface area contributed by atoms with E-state index in [0.717, 1.165) is 25.7 Å². The molecular weight excluding hydrogens is 678 g/mol. The summed E-state index contributed by atoms with van der Waals surface area (Å²) in [5.41, 5.74) is 0. The molecule has 4 N–H and O–H groups in total. The maximum Gasteiger partial charge on any atom is 1.00 e. The van der Waals surface area contributed by atoms with Gasteiger partial charge in [0.2, 0.25) is 20.8 Å². The summed E-state index contributed by atoms with van der Waals surface area (Å²) in [5, 5.41) is 40.7. The van der Waals surface area contributed by atoms with Gasteiger partial charge in [-0.2, -0.15) is 0 Å². The average Bonchev–Trinajstić information content (AvgIpc) is 3.30. The number of aliphatic hydroxyl groups is 4. The molecular formula is C26H48Na2O16S2. The molecule has 0 aromatic heterocycles. The molecule has 9 atom stereocenters. The van der Waals surface area contributed by atoms with E-state index in [-0.39, 0.29) is 65.7 Å². The van der Waals surface area contributed by atoms with Crippen molar-refractivity contribution in [3.05, 3.63) is 0 Å². The topological polar surface area (TPSA) is 251 Å². The molecule has 2 aliphatic rings. The molecule has 0 unspecified atom stereocenters. The number of aliphatic hydroxyl groups excluding tert-OH is 4. The van der Waals surface area contributed by atoms with Crippen LogP contribution in [-0.4, -0.2) is 128 Å².